The lowest BCUT2D eigenvalue weighted by Gasteiger charge is -2.09. The van der Waals surface area contributed by atoms with Crippen molar-refractivity contribution in [1.29, 1.82) is 0 Å². The number of rotatable bonds is 3. The standard InChI is InChI=1S/C12H12F3N3O.ClH/c1-18-11(6-16)10(7-17-18)8-2-4-9(5-3-8)19-12(13,14)15;/h2-5,7H,6,16H2,1H3;1H. The number of nitrogens with two attached hydrogens (primary N) is 1. The van der Waals surface area contributed by atoms with Crippen molar-refractivity contribution in [3.63, 3.8) is 0 Å². The van der Waals surface area contributed by atoms with Gasteiger partial charge in [0, 0.05) is 19.2 Å². The molecule has 110 valence electrons. The van der Waals surface area contributed by atoms with Gasteiger partial charge in [0.2, 0.25) is 0 Å². The number of halogens is 4. The van der Waals surface area contributed by atoms with Crippen LogP contribution in [0.5, 0.6) is 5.75 Å². The summed E-state index contributed by atoms with van der Waals surface area (Å²) in [6, 6.07) is 5.60. The van der Waals surface area contributed by atoms with Gasteiger partial charge in [0.1, 0.15) is 5.75 Å². The van der Waals surface area contributed by atoms with Crippen molar-refractivity contribution in [2.45, 2.75) is 12.9 Å². The van der Waals surface area contributed by atoms with Crippen LogP contribution in [0.3, 0.4) is 0 Å². The van der Waals surface area contributed by atoms with E-state index in [2.05, 4.69) is 9.84 Å². The first kappa shape index (κ1) is 16.3. The fraction of sp³-hybridized carbons (Fsp3) is 0.250. The lowest BCUT2D eigenvalue weighted by Crippen LogP contribution is -2.16. The molecule has 2 N–H and O–H groups in total. The summed E-state index contributed by atoms with van der Waals surface area (Å²) in [6.45, 7) is 0.298. The second-order valence-electron chi connectivity index (χ2n) is 3.90. The van der Waals surface area contributed by atoms with Crippen molar-refractivity contribution >= 4 is 12.4 Å². The smallest absolute Gasteiger partial charge is 0.406 e. The average molecular weight is 308 g/mol. The predicted molar refractivity (Wildman–Crippen MR) is 70.5 cm³/mol. The Morgan fingerprint density at radius 2 is 1.85 bits per heavy atom. The third kappa shape index (κ3) is 3.64. The van der Waals surface area contributed by atoms with Crippen LogP contribution >= 0.6 is 12.4 Å². The molecule has 1 aromatic carbocycles. The number of aryl methyl sites for hydroxylation is 1. The largest absolute Gasteiger partial charge is 0.573 e. The Bertz CT molecular complexity index is 566. The van der Waals surface area contributed by atoms with Gasteiger partial charge >= 0.3 is 6.36 Å². The molecule has 0 fully saturated rings. The Balaban J connectivity index is 0.00000200. The highest BCUT2D eigenvalue weighted by molar-refractivity contribution is 5.85. The van der Waals surface area contributed by atoms with E-state index < -0.39 is 6.36 Å². The van der Waals surface area contributed by atoms with E-state index >= 15 is 0 Å². The van der Waals surface area contributed by atoms with Crippen LogP contribution in [0.15, 0.2) is 30.5 Å². The molecule has 0 saturated heterocycles. The molecule has 0 saturated carbocycles. The van der Waals surface area contributed by atoms with Crippen LogP contribution in [-0.4, -0.2) is 16.1 Å². The van der Waals surface area contributed by atoms with E-state index in [-0.39, 0.29) is 18.2 Å². The van der Waals surface area contributed by atoms with E-state index in [4.69, 9.17) is 5.73 Å². The summed E-state index contributed by atoms with van der Waals surface area (Å²) >= 11 is 0. The summed E-state index contributed by atoms with van der Waals surface area (Å²) in [5.74, 6) is -0.255. The van der Waals surface area contributed by atoms with Gasteiger partial charge in [-0.15, -0.1) is 25.6 Å². The van der Waals surface area contributed by atoms with Crippen molar-refractivity contribution < 1.29 is 17.9 Å². The van der Waals surface area contributed by atoms with E-state index in [0.29, 0.717) is 6.54 Å². The summed E-state index contributed by atoms with van der Waals surface area (Å²) in [4.78, 5) is 0. The monoisotopic (exact) mass is 307 g/mol. The molecular formula is C12H13ClF3N3O. The SMILES string of the molecule is Cl.Cn1ncc(-c2ccc(OC(F)(F)F)cc2)c1CN. The number of aromatic nitrogens is 2. The molecule has 1 aromatic heterocycles. The van der Waals surface area contributed by atoms with Gasteiger partial charge < -0.3 is 10.5 Å². The van der Waals surface area contributed by atoms with Crippen LogP contribution in [-0.2, 0) is 13.6 Å². The second kappa shape index (κ2) is 6.15. The second-order valence-corrected chi connectivity index (χ2v) is 3.90. The Morgan fingerprint density at radius 1 is 1.25 bits per heavy atom. The normalized spacial score (nSPS) is 11.1. The topological polar surface area (TPSA) is 53.1 Å². The molecule has 0 aliphatic heterocycles. The van der Waals surface area contributed by atoms with Crippen LogP contribution in [0.25, 0.3) is 11.1 Å². The molecule has 8 heteroatoms. The molecule has 0 aliphatic carbocycles. The van der Waals surface area contributed by atoms with E-state index in [1.165, 1.54) is 24.3 Å². The first-order valence-corrected chi connectivity index (χ1v) is 5.48. The average Bonchev–Trinajstić information content (AvgIpc) is 2.69. The van der Waals surface area contributed by atoms with Gasteiger partial charge in [-0.1, -0.05) is 12.1 Å². The Labute approximate surface area is 119 Å². The molecule has 0 unspecified atom stereocenters. The van der Waals surface area contributed by atoms with E-state index in [1.807, 2.05) is 0 Å². The number of alkyl halides is 3. The van der Waals surface area contributed by atoms with Gasteiger partial charge in [0.15, 0.2) is 0 Å². The zero-order chi connectivity index (χ0) is 14.0. The first-order chi connectivity index (χ1) is 8.90. The molecule has 20 heavy (non-hydrogen) atoms. The fourth-order valence-corrected chi connectivity index (χ4v) is 1.78. The number of benzene rings is 1. The molecular weight excluding hydrogens is 295 g/mol. The highest BCUT2D eigenvalue weighted by Crippen LogP contribution is 2.27. The van der Waals surface area contributed by atoms with Gasteiger partial charge in [-0.05, 0) is 17.7 Å². The lowest BCUT2D eigenvalue weighted by molar-refractivity contribution is -0.274. The van der Waals surface area contributed by atoms with Crippen LogP contribution in [0.4, 0.5) is 13.2 Å². The Kier molecular flexibility index (Phi) is 5.02. The molecule has 0 amide bonds. The lowest BCUT2D eigenvalue weighted by atomic mass is 10.1. The Hall–Kier alpha value is -1.73. The van der Waals surface area contributed by atoms with Crippen LogP contribution < -0.4 is 10.5 Å². The van der Waals surface area contributed by atoms with Gasteiger partial charge in [-0.3, -0.25) is 4.68 Å². The van der Waals surface area contributed by atoms with Gasteiger partial charge in [-0.25, -0.2) is 0 Å². The summed E-state index contributed by atoms with van der Waals surface area (Å²) in [6.07, 6.45) is -3.06. The number of ether oxygens (including phenoxy) is 1. The van der Waals surface area contributed by atoms with Crippen molar-refractivity contribution in [2.24, 2.45) is 12.8 Å². The quantitative estimate of drug-likeness (QED) is 0.948. The zero-order valence-electron chi connectivity index (χ0n) is 10.5. The minimum Gasteiger partial charge on any atom is -0.406 e. The Morgan fingerprint density at radius 3 is 2.35 bits per heavy atom. The summed E-state index contributed by atoms with van der Waals surface area (Å²) in [5.41, 5.74) is 7.96. The third-order valence-electron chi connectivity index (χ3n) is 2.65. The maximum atomic E-state index is 12.0. The molecule has 2 aromatic rings. The van der Waals surface area contributed by atoms with E-state index in [9.17, 15) is 13.2 Å². The molecule has 0 bridgehead atoms. The minimum absolute atomic E-state index is 0. The molecule has 0 atom stereocenters. The van der Waals surface area contributed by atoms with Crippen molar-refractivity contribution in [3.05, 3.63) is 36.2 Å². The van der Waals surface area contributed by atoms with Crippen LogP contribution in [0.2, 0.25) is 0 Å². The van der Waals surface area contributed by atoms with E-state index in [0.717, 1.165) is 16.8 Å². The molecule has 0 radical (unpaired) electrons. The molecule has 2 rings (SSSR count). The maximum Gasteiger partial charge on any atom is 0.573 e. The van der Waals surface area contributed by atoms with Crippen LogP contribution in [0, 0.1) is 0 Å². The van der Waals surface area contributed by atoms with Crippen molar-refractivity contribution in [1.82, 2.24) is 9.78 Å². The fourth-order valence-electron chi connectivity index (χ4n) is 1.78. The molecule has 0 spiro atoms. The predicted octanol–water partition coefficient (Wildman–Crippen LogP) is 2.87. The zero-order valence-corrected chi connectivity index (χ0v) is 11.3. The summed E-state index contributed by atoms with van der Waals surface area (Å²) in [5, 5.41) is 4.07. The molecule has 4 nitrogen and oxygen atoms in total. The summed E-state index contributed by atoms with van der Waals surface area (Å²) < 4.78 is 41.5. The van der Waals surface area contributed by atoms with Gasteiger partial charge in [0.05, 0.1) is 11.9 Å². The van der Waals surface area contributed by atoms with Crippen molar-refractivity contribution in [3.8, 4) is 16.9 Å². The van der Waals surface area contributed by atoms with E-state index in [1.54, 1.807) is 17.9 Å². The minimum atomic E-state index is -4.68. The van der Waals surface area contributed by atoms with Gasteiger partial charge in [0.25, 0.3) is 0 Å². The molecule has 0 aliphatic rings. The third-order valence-corrected chi connectivity index (χ3v) is 2.65. The summed E-state index contributed by atoms with van der Waals surface area (Å²) in [7, 11) is 1.76. The van der Waals surface area contributed by atoms with Crippen molar-refractivity contribution in [2.75, 3.05) is 0 Å². The maximum absolute atomic E-state index is 12.0. The highest BCUT2D eigenvalue weighted by Gasteiger charge is 2.31. The highest BCUT2D eigenvalue weighted by atomic mass is 35.5. The number of hydrogen-bond acceptors (Lipinski definition) is 3. The first-order valence-electron chi connectivity index (χ1n) is 5.48. The number of hydrogen-bond donors (Lipinski definition) is 1. The van der Waals surface area contributed by atoms with Gasteiger partial charge in [-0.2, -0.15) is 5.10 Å². The number of nitrogens with zero attached hydrogens (tertiary/aromatic N) is 2. The molecule has 1 heterocycles. The van der Waals surface area contributed by atoms with Crippen LogP contribution in [0.1, 0.15) is 5.69 Å².